The highest BCUT2D eigenvalue weighted by molar-refractivity contribution is 6.50. The van der Waals surface area contributed by atoms with Crippen molar-refractivity contribution in [1.82, 2.24) is 0 Å². The van der Waals surface area contributed by atoms with Crippen molar-refractivity contribution in [2.45, 2.75) is 95.2 Å². The van der Waals surface area contributed by atoms with E-state index in [1.54, 1.807) is 0 Å². The zero-order valence-electron chi connectivity index (χ0n) is 13.9. The van der Waals surface area contributed by atoms with Crippen LogP contribution in [0.25, 0.3) is 0 Å². The first-order valence-electron chi connectivity index (χ1n) is 9.36. The van der Waals surface area contributed by atoms with Crippen LogP contribution in [0.2, 0.25) is 0 Å². The Kier molecular flexibility index (Phi) is 4.62. The lowest BCUT2D eigenvalue weighted by atomic mass is 9.43. The van der Waals surface area contributed by atoms with E-state index in [0.29, 0.717) is 0 Å². The van der Waals surface area contributed by atoms with Gasteiger partial charge in [-0.1, -0.05) is 33.1 Å². The van der Waals surface area contributed by atoms with Crippen LogP contribution in [0, 0.1) is 22.7 Å². The Morgan fingerprint density at radius 3 is 1.67 bits per heavy atom. The molecule has 122 valence electrons. The minimum atomic E-state index is -0.435. The molecule has 0 aromatic heterocycles. The van der Waals surface area contributed by atoms with Crippen molar-refractivity contribution in [3.63, 3.8) is 0 Å². The maximum atomic E-state index is 7.06. The Labute approximate surface area is 141 Å². The molecule has 3 aliphatic carbocycles. The molecular weight excluding hydrogens is 299 g/mol. The summed E-state index contributed by atoms with van der Waals surface area (Å²) in [4.78, 5) is 0. The molecule has 0 radical (unpaired) electrons. The maximum absolute atomic E-state index is 7.06. The van der Waals surface area contributed by atoms with E-state index < -0.39 is 4.33 Å². The van der Waals surface area contributed by atoms with Crippen LogP contribution in [0.5, 0.6) is 0 Å². The zero-order chi connectivity index (χ0) is 15.1. The van der Waals surface area contributed by atoms with Crippen molar-refractivity contribution >= 4 is 23.2 Å². The number of rotatable bonds is 3. The minimum Gasteiger partial charge on any atom is -0.100 e. The third kappa shape index (κ3) is 2.47. The molecule has 21 heavy (non-hydrogen) atoms. The van der Waals surface area contributed by atoms with Crippen LogP contribution in [0.4, 0.5) is 0 Å². The molecule has 0 nitrogen and oxygen atoms in total. The second-order valence-corrected chi connectivity index (χ2v) is 9.72. The number of alkyl halides is 2. The van der Waals surface area contributed by atoms with Crippen LogP contribution in [0.15, 0.2) is 0 Å². The van der Waals surface area contributed by atoms with E-state index in [2.05, 4.69) is 13.8 Å². The fourth-order valence-electron chi connectivity index (χ4n) is 5.87. The number of hydrogen-bond acceptors (Lipinski definition) is 0. The molecule has 3 rings (SSSR count). The Morgan fingerprint density at radius 2 is 1.29 bits per heavy atom. The molecule has 0 aromatic carbocycles. The van der Waals surface area contributed by atoms with Gasteiger partial charge in [-0.25, -0.2) is 0 Å². The second kappa shape index (κ2) is 5.90. The van der Waals surface area contributed by atoms with Gasteiger partial charge in [-0.15, -0.1) is 23.2 Å². The van der Waals surface area contributed by atoms with E-state index in [9.17, 15) is 0 Å². The molecule has 0 amide bonds. The molecule has 0 bridgehead atoms. The van der Waals surface area contributed by atoms with Gasteiger partial charge in [-0.3, -0.25) is 0 Å². The Hall–Kier alpha value is 0.580. The van der Waals surface area contributed by atoms with Gasteiger partial charge >= 0.3 is 0 Å². The quantitative estimate of drug-likeness (QED) is 0.483. The van der Waals surface area contributed by atoms with E-state index in [4.69, 9.17) is 23.2 Å². The lowest BCUT2D eigenvalue weighted by Crippen LogP contribution is -2.66. The molecule has 2 heteroatoms. The molecule has 3 fully saturated rings. The summed E-state index contributed by atoms with van der Waals surface area (Å²) in [7, 11) is 0. The Morgan fingerprint density at radius 1 is 0.810 bits per heavy atom. The van der Waals surface area contributed by atoms with E-state index in [0.717, 1.165) is 11.8 Å². The van der Waals surface area contributed by atoms with Crippen LogP contribution in [0.3, 0.4) is 0 Å². The fourth-order valence-corrected chi connectivity index (χ4v) is 6.90. The average Bonchev–Trinajstić information content (AvgIpc) is 2.50. The third-order valence-corrected chi connectivity index (χ3v) is 9.01. The van der Waals surface area contributed by atoms with E-state index in [1.807, 2.05) is 0 Å². The van der Waals surface area contributed by atoms with E-state index in [1.165, 1.54) is 77.0 Å². The van der Waals surface area contributed by atoms with Crippen molar-refractivity contribution in [1.29, 1.82) is 0 Å². The van der Waals surface area contributed by atoms with Crippen LogP contribution in [-0.4, -0.2) is 4.33 Å². The molecule has 0 aliphatic heterocycles. The molecule has 0 N–H and O–H groups in total. The highest BCUT2D eigenvalue weighted by Gasteiger charge is 2.72. The predicted octanol–water partition coefficient (Wildman–Crippen LogP) is 7.13. The lowest BCUT2D eigenvalue weighted by Gasteiger charge is -2.69. The highest BCUT2D eigenvalue weighted by atomic mass is 35.5. The van der Waals surface area contributed by atoms with Crippen LogP contribution in [0.1, 0.15) is 90.9 Å². The van der Waals surface area contributed by atoms with E-state index in [-0.39, 0.29) is 10.8 Å². The smallest absolute Gasteiger partial charge is 0.100 e. The van der Waals surface area contributed by atoms with Gasteiger partial charge in [-0.05, 0) is 69.6 Å². The highest BCUT2D eigenvalue weighted by Crippen LogP contribution is 2.76. The van der Waals surface area contributed by atoms with Crippen molar-refractivity contribution in [3.05, 3.63) is 0 Å². The van der Waals surface area contributed by atoms with Crippen molar-refractivity contribution in [2.75, 3.05) is 0 Å². The molecule has 3 aliphatic rings. The van der Waals surface area contributed by atoms with Gasteiger partial charge in [0.25, 0.3) is 0 Å². The van der Waals surface area contributed by atoms with Gasteiger partial charge in [0.15, 0.2) is 0 Å². The van der Waals surface area contributed by atoms with Gasteiger partial charge in [0.05, 0.1) is 0 Å². The maximum Gasteiger partial charge on any atom is 0.129 e. The summed E-state index contributed by atoms with van der Waals surface area (Å²) in [5, 5.41) is 0. The Bertz CT molecular complexity index is 358. The Balaban J connectivity index is 1.64. The van der Waals surface area contributed by atoms with Gasteiger partial charge in [0, 0.05) is 10.8 Å². The second-order valence-electron chi connectivity index (χ2n) is 8.40. The third-order valence-electron chi connectivity index (χ3n) is 7.41. The summed E-state index contributed by atoms with van der Waals surface area (Å²) in [6.07, 6.45) is 15.9. The normalized spacial score (nSPS) is 45.7. The lowest BCUT2D eigenvalue weighted by molar-refractivity contribution is -0.115. The molecule has 2 spiro atoms. The minimum absolute atomic E-state index is 0.263. The molecule has 0 aromatic rings. The molecule has 0 saturated heterocycles. The van der Waals surface area contributed by atoms with Crippen molar-refractivity contribution in [2.24, 2.45) is 22.7 Å². The van der Waals surface area contributed by atoms with Crippen LogP contribution >= 0.6 is 23.2 Å². The van der Waals surface area contributed by atoms with Crippen molar-refractivity contribution < 1.29 is 0 Å². The molecule has 0 atom stereocenters. The van der Waals surface area contributed by atoms with Crippen LogP contribution in [-0.2, 0) is 0 Å². The first-order valence-corrected chi connectivity index (χ1v) is 10.1. The standard InChI is InChI=1S/C19H32Cl2/c1-3-5-16-8-12-18(13-9-16)14-17(19(18,20)21)10-6-15(4-2)7-11-17/h15-16H,3-14H2,1-2H3/t15?,16-,17-,18-. The SMILES string of the molecule is CCC[C@H]1CC[C@]2(CC1)C[C@@]1(CCC(CC)CC1)C2(Cl)Cl. The number of hydrogen-bond donors (Lipinski definition) is 0. The first kappa shape index (κ1) is 16.4. The van der Waals surface area contributed by atoms with Gasteiger partial charge in [0.2, 0.25) is 0 Å². The number of halogens is 2. The monoisotopic (exact) mass is 330 g/mol. The van der Waals surface area contributed by atoms with Gasteiger partial charge in [-0.2, -0.15) is 0 Å². The summed E-state index contributed by atoms with van der Waals surface area (Å²) in [5.74, 6) is 1.87. The molecule has 0 heterocycles. The zero-order valence-corrected chi connectivity index (χ0v) is 15.4. The largest absolute Gasteiger partial charge is 0.129 e. The summed E-state index contributed by atoms with van der Waals surface area (Å²) < 4.78 is -0.435. The summed E-state index contributed by atoms with van der Waals surface area (Å²) in [6, 6.07) is 0. The topological polar surface area (TPSA) is 0 Å². The fraction of sp³-hybridized carbons (Fsp3) is 1.00. The molecular formula is C19H32Cl2. The van der Waals surface area contributed by atoms with E-state index >= 15 is 0 Å². The summed E-state index contributed by atoms with van der Waals surface area (Å²) >= 11 is 14.1. The average molecular weight is 331 g/mol. The van der Waals surface area contributed by atoms with Crippen molar-refractivity contribution in [3.8, 4) is 0 Å². The molecule has 0 unspecified atom stereocenters. The van der Waals surface area contributed by atoms with Gasteiger partial charge < -0.3 is 0 Å². The first-order chi connectivity index (χ1) is 9.99. The molecule has 3 saturated carbocycles. The summed E-state index contributed by atoms with van der Waals surface area (Å²) in [5.41, 5.74) is 0.527. The van der Waals surface area contributed by atoms with Gasteiger partial charge in [0.1, 0.15) is 4.33 Å². The predicted molar refractivity (Wildman–Crippen MR) is 93.0 cm³/mol. The van der Waals surface area contributed by atoms with Crippen LogP contribution < -0.4 is 0 Å². The summed E-state index contributed by atoms with van der Waals surface area (Å²) in [6.45, 7) is 4.64.